The molecule has 92 valence electrons. The minimum Gasteiger partial charge on any atom is -0.0786 e. The fourth-order valence-electron chi connectivity index (χ4n) is 2.57. The predicted octanol–water partition coefficient (Wildman–Crippen LogP) is 5.42. The zero-order chi connectivity index (χ0) is 12.5. The van der Waals surface area contributed by atoms with Gasteiger partial charge in [0.1, 0.15) is 0 Å². The van der Waals surface area contributed by atoms with E-state index in [0.29, 0.717) is 0 Å². The number of fused-ring (bicyclic) bond motifs is 1. The lowest BCUT2D eigenvalue weighted by molar-refractivity contribution is 0.911. The number of alkyl halides is 1. The first kappa shape index (κ1) is 12.4. The lowest BCUT2D eigenvalue weighted by atomic mass is 10.0. The molecule has 0 N–H and O–H groups in total. The minimum absolute atomic E-state index is 0.288. The molecular weight excluding hydrogens is 352 g/mol. The average Bonchev–Trinajstić information content (AvgIpc) is 2.86. The molecule has 0 aromatic heterocycles. The van der Waals surface area contributed by atoms with E-state index in [2.05, 4.69) is 74.3 Å². The van der Waals surface area contributed by atoms with Crippen LogP contribution < -0.4 is 0 Å². The second kappa shape index (κ2) is 5.18. The summed E-state index contributed by atoms with van der Waals surface area (Å²) >= 11 is 7.29. The number of hydrogen-bond acceptors (Lipinski definition) is 0. The molecule has 0 saturated carbocycles. The molecule has 2 heteroatoms. The van der Waals surface area contributed by atoms with Gasteiger partial charge in [0.25, 0.3) is 0 Å². The molecule has 0 nitrogen and oxygen atoms in total. The van der Waals surface area contributed by atoms with Gasteiger partial charge in [0, 0.05) is 4.47 Å². The van der Waals surface area contributed by atoms with E-state index >= 15 is 0 Å². The van der Waals surface area contributed by atoms with Crippen LogP contribution in [0, 0.1) is 0 Å². The fraction of sp³-hybridized carbons (Fsp3) is 0.250. The summed E-state index contributed by atoms with van der Waals surface area (Å²) in [4.78, 5) is 0.288. The van der Waals surface area contributed by atoms with Gasteiger partial charge in [-0.2, -0.15) is 0 Å². The second-order valence-electron chi connectivity index (χ2n) is 4.80. The van der Waals surface area contributed by atoms with Crippen molar-refractivity contribution in [3.05, 3.63) is 69.2 Å². The highest BCUT2D eigenvalue weighted by Gasteiger charge is 2.15. The van der Waals surface area contributed by atoms with Crippen molar-refractivity contribution in [2.45, 2.75) is 24.1 Å². The van der Waals surface area contributed by atoms with E-state index in [4.69, 9.17) is 0 Å². The summed E-state index contributed by atoms with van der Waals surface area (Å²) in [6.45, 7) is 0. The van der Waals surface area contributed by atoms with E-state index in [1.807, 2.05) is 0 Å². The van der Waals surface area contributed by atoms with E-state index in [-0.39, 0.29) is 4.83 Å². The first-order chi connectivity index (χ1) is 8.74. The molecule has 1 atom stereocenters. The lowest BCUT2D eigenvalue weighted by Crippen LogP contribution is -1.94. The van der Waals surface area contributed by atoms with Gasteiger partial charge in [-0.3, -0.25) is 0 Å². The molecule has 0 fully saturated rings. The van der Waals surface area contributed by atoms with Crippen molar-refractivity contribution < 1.29 is 0 Å². The zero-order valence-electron chi connectivity index (χ0n) is 10.00. The van der Waals surface area contributed by atoms with Gasteiger partial charge in [-0.25, -0.2) is 0 Å². The summed E-state index contributed by atoms with van der Waals surface area (Å²) in [7, 11) is 0. The van der Waals surface area contributed by atoms with Crippen LogP contribution in [0.2, 0.25) is 0 Å². The molecule has 0 bridgehead atoms. The molecule has 1 aliphatic rings. The van der Waals surface area contributed by atoms with Crippen LogP contribution in [0.3, 0.4) is 0 Å². The summed E-state index contributed by atoms with van der Waals surface area (Å²) in [6, 6.07) is 15.4. The number of hydrogen-bond donors (Lipinski definition) is 0. The van der Waals surface area contributed by atoms with E-state index in [1.54, 1.807) is 0 Å². The van der Waals surface area contributed by atoms with Crippen molar-refractivity contribution in [1.29, 1.82) is 0 Å². The van der Waals surface area contributed by atoms with Crippen molar-refractivity contribution in [3.63, 3.8) is 0 Å². The molecule has 0 spiro atoms. The number of halogens is 2. The second-order valence-corrected chi connectivity index (χ2v) is 6.63. The molecule has 0 radical (unpaired) electrons. The van der Waals surface area contributed by atoms with Gasteiger partial charge in [-0.15, -0.1) is 0 Å². The molecule has 18 heavy (non-hydrogen) atoms. The van der Waals surface area contributed by atoms with Crippen molar-refractivity contribution in [2.24, 2.45) is 0 Å². The lowest BCUT2D eigenvalue weighted by Gasteiger charge is -2.12. The van der Waals surface area contributed by atoms with Gasteiger partial charge >= 0.3 is 0 Å². The summed E-state index contributed by atoms with van der Waals surface area (Å²) in [6.07, 6.45) is 3.80. The SMILES string of the molecule is Brc1ccc(C(Br)c2ccc3c(c2)CCC3)cc1. The standard InChI is InChI=1S/C16H14Br2/c17-15-8-6-12(7-9-15)16(18)14-5-4-11-2-1-3-13(11)10-14/h4-10,16H,1-3H2. The van der Waals surface area contributed by atoms with Crippen molar-refractivity contribution in [3.8, 4) is 0 Å². The fourth-order valence-corrected chi connectivity index (χ4v) is 3.43. The maximum absolute atomic E-state index is 3.81. The Bertz CT molecular complexity index is 558. The first-order valence-electron chi connectivity index (χ1n) is 6.25. The topological polar surface area (TPSA) is 0 Å². The van der Waals surface area contributed by atoms with E-state index < -0.39 is 0 Å². The normalized spacial score (nSPS) is 15.4. The third-order valence-electron chi connectivity index (χ3n) is 3.58. The van der Waals surface area contributed by atoms with Crippen LogP contribution in [0.4, 0.5) is 0 Å². The molecule has 0 saturated heterocycles. The Morgan fingerprint density at radius 1 is 0.833 bits per heavy atom. The molecule has 2 aromatic rings. The molecule has 0 heterocycles. The van der Waals surface area contributed by atoms with Crippen LogP contribution in [0.5, 0.6) is 0 Å². The monoisotopic (exact) mass is 364 g/mol. The van der Waals surface area contributed by atoms with Crippen molar-refractivity contribution in [1.82, 2.24) is 0 Å². The van der Waals surface area contributed by atoms with Crippen LogP contribution in [-0.2, 0) is 12.8 Å². The van der Waals surface area contributed by atoms with Gasteiger partial charge in [0.2, 0.25) is 0 Å². The Labute approximate surface area is 125 Å². The van der Waals surface area contributed by atoms with E-state index in [0.717, 1.165) is 4.47 Å². The Hall–Kier alpha value is -0.600. The predicted molar refractivity (Wildman–Crippen MR) is 83.4 cm³/mol. The maximum atomic E-state index is 3.81. The Morgan fingerprint density at radius 2 is 1.50 bits per heavy atom. The largest absolute Gasteiger partial charge is 0.0786 e. The van der Waals surface area contributed by atoms with Crippen LogP contribution in [0.25, 0.3) is 0 Å². The van der Waals surface area contributed by atoms with E-state index in [9.17, 15) is 0 Å². The summed E-state index contributed by atoms with van der Waals surface area (Å²) in [5.41, 5.74) is 5.73. The van der Waals surface area contributed by atoms with E-state index in [1.165, 1.54) is 41.5 Å². The molecule has 3 rings (SSSR count). The average molecular weight is 366 g/mol. The summed E-state index contributed by atoms with van der Waals surface area (Å²) < 4.78 is 1.12. The Balaban J connectivity index is 1.92. The van der Waals surface area contributed by atoms with Gasteiger partial charge < -0.3 is 0 Å². The smallest absolute Gasteiger partial charge is 0.0644 e. The van der Waals surface area contributed by atoms with Crippen molar-refractivity contribution >= 4 is 31.9 Å². The Kier molecular flexibility index (Phi) is 3.58. The van der Waals surface area contributed by atoms with Gasteiger partial charge in [0.15, 0.2) is 0 Å². The quantitative estimate of drug-likeness (QED) is 0.623. The van der Waals surface area contributed by atoms with Gasteiger partial charge in [-0.05, 0) is 53.6 Å². The number of rotatable bonds is 2. The van der Waals surface area contributed by atoms with Gasteiger partial charge in [0.05, 0.1) is 4.83 Å². The number of aryl methyl sites for hydroxylation is 2. The summed E-state index contributed by atoms with van der Waals surface area (Å²) in [5.74, 6) is 0. The maximum Gasteiger partial charge on any atom is 0.0644 e. The van der Waals surface area contributed by atoms with Crippen LogP contribution in [-0.4, -0.2) is 0 Å². The molecule has 0 amide bonds. The molecule has 1 aliphatic carbocycles. The van der Waals surface area contributed by atoms with Crippen LogP contribution in [0.15, 0.2) is 46.9 Å². The van der Waals surface area contributed by atoms with Crippen LogP contribution >= 0.6 is 31.9 Å². The number of benzene rings is 2. The first-order valence-corrected chi connectivity index (χ1v) is 7.96. The highest BCUT2D eigenvalue weighted by atomic mass is 79.9. The molecular formula is C16H14Br2. The third kappa shape index (κ3) is 2.41. The molecule has 1 unspecified atom stereocenters. The molecule has 2 aromatic carbocycles. The zero-order valence-corrected chi connectivity index (χ0v) is 13.2. The van der Waals surface area contributed by atoms with Gasteiger partial charge in [-0.1, -0.05) is 62.2 Å². The summed E-state index contributed by atoms with van der Waals surface area (Å²) in [5, 5.41) is 0. The highest BCUT2D eigenvalue weighted by molar-refractivity contribution is 9.10. The Morgan fingerprint density at radius 3 is 2.28 bits per heavy atom. The minimum atomic E-state index is 0.288. The van der Waals surface area contributed by atoms with Crippen molar-refractivity contribution in [2.75, 3.05) is 0 Å². The highest BCUT2D eigenvalue weighted by Crippen LogP contribution is 2.34. The van der Waals surface area contributed by atoms with Crippen LogP contribution in [0.1, 0.15) is 33.5 Å². The third-order valence-corrected chi connectivity index (χ3v) is 5.16. The molecule has 0 aliphatic heterocycles.